The Morgan fingerprint density at radius 2 is 1.51 bits per heavy atom. The molecule has 0 N–H and O–H groups in total. The number of benzene rings is 4. The molecule has 4 aromatic carbocycles. The molecule has 0 aliphatic carbocycles. The molecule has 5 aromatic rings. The van der Waals surface area contributed by atoms with E-state index in [1.165, 1.54) is 28.8 Å². The van der Waals surface area contributed by atoms with Crippen LogP contribution in [0.25, 0.3) is 6.08 Å². The molecule has 0 radical (unpaired) electrons. The van der Waals surface area contributed by atoms with E-state index < -0.39 is 0 Å². The molecule has 6 rings (SSSR count). The average molecular weight is 708 g/mol. The van der Waals surface area contributed by atoms with Crippen molar-refractivity contribution >= 4 is 24.4 Å². The van der Waals surface area contributed by atoms with E-state index in [2.05, 4.69) is 53.2 Å². The summed E-state index contributed by atoms with van der Waals surface area (Å²) in [6.45, 7) is 8.96. The van der Waals surface area contributed by atoms with Gasteiger partial charge in [0.05, 0.1) is 12.8 Å². The van der Waals surface area contributed by atoms with Crippen LogP contribution in [0.4, 0.5) is 4.39 Å². The van der Waals surface area contributed by atoms with Crippen LogP contribution < -0.4 is 14.2 Å². The minimum atomic E-state index is -0.268. The van der Waals surface area contributed by atoms with Crippen LogP contribution in [0.5, 0.6) is 23.1 Å². The molecule has 7 nitrogen and oxygen atoms in total. The number of carbonyl (C=O) groups is 1. The van der Waals surface area contributed by atoms with Gasteiger partial charge >= 0.3 is 0 Å². The number of amides is 1. The van der Waals surface area contributed by atoms with Crippen molar-refractivity contribution < 1.29 is 23.4 Å². The van der Waals surface area contributed by atoms with Crippen LogP contribution in [-0.2, 0) is 24.4 Å². The van der Waals surface area contributed by atoms with Crippen LogP contribution in [0, 0.1) is 19.7 Å². The van der Waals surface area contributed by atoms with Crippen LogP contribution >= 0.6 is 12.4 Å². The van der Waals surface area contributed by atoms with Crippen molar-refractivity contribution in [2.24, 2.45) is 0 Å². The SMILES string of the molecule is Cc1cccc(COc2ccc(Oc3ccc(/C=C/C(=O)N4CCN(Cc5ccc(CCOc6ccc(F)cc6)cc5)CC4)c(C)c3)nc2)c1.Cl. The molecule has 1 aliphatic rings. The summed E-state index contributed by atoms with van der Waals surface area (Å²) in [5.74, 6) is 2.25. The summed E-state index contributed by atoms with van der Waals surface area (Å²) in [4.78, 5) is 21.7. The Labute approximate surface area is 305 Å². The zero-order valence-electron chi connectivity index (χ0n) is 29.0. The van der Waals surface area contributed by atoms with Gasteiger partial charge in [-0.3, -0.25) is 9.69 Å². The second kappa shape index (κ2) is 18.2. The van der Waals surface area contributed by atoms with Gasteiger partial charge in [-0.25, -0.2) is 9.37 Å². The number of aromatic nitrogens is 1. The maximum atomic E-state index is 13.1. The van der Waals surface area contributed by atoms with Crippen LogP contribution in [-0.4, -0.2) is 53.5 Å². The number of pyridine rings is 1. The van der Waals surface area contributed by atoms with Gasteiger partial charge in [0, 0.05) is 51.3 Å². The van der Waals surface area contributed by atoms with Crippen molar-refractivity contribution in [1.82, 2.24) is 14.8 Å². The van der Waals surface area contributed by atoms with Crippen molar-refractivity contribution in [2.75, 3.05) is 32.8 Å². The predicted molar refractivity (Wildman–Crippen MR) is 201 cm³/mol. The minimum Gasteiger partial charge on any atom is -0.493 e. The molecule has 9 heteroatoms. The summed E-state index contributed by atoms with van der Waals surface area (Å²) in [6, 6.07) is 32.3. The first-order valence-corrected chi connectivity index (χ1v) is 16.9. The van der Waals surface area contributed by atoms with Crippen molar-refractivity contribution in [3.05, 3.63) is 155 Å². The van der Waals surface area contributed by atoms with E-state index in [1.54, 1.807) is 30.5 Å². The summed E-state index contributed by atoms with van der Waals surface area (Å²) >= 11 is 0. The highest BCUT2D eigenvalue weighted by molar-refractivity contribution is 5.92. The first kappa shape index (κ1) is 37.1. The third kappa shape index (κ3) is 11.2. The first-order chi connectivity index (χ1) is 24.4. The lowest BCUT2D eigenvalue weighted by atomic mass is 10.1. The topological polar surface area (TPSA) is 64.1 Å². The zero-order chi connectivity index (χ0) is 34.7. The number of hydrogen-bond donors (Lipinski definition) is 0. The van der Waals surface area contributed by atoms with Crippen molar-refractivity contribution in [3.63, 3.8) is 0 Å². The Bertz CT molecular complexity index is 1890. The summed E-state index contributed by atoms with van der Waals surface area (Å²) in [5.41, 5.74) is 6.71. The second-order valence-electron chi connectivity index (χ2n) is 12.5. The van der Waals surface area contributed by atoms with E-state index in [4.69, 9.17) is 14.2 Å². The molecule has 0 bridgehead atoms. The molecule has 0 saturated carbocycles. The molecule has 51 heavy (non-hydrogen) atoms. The van der Waals surface area contributed by atoms with Crippen molar-refractivity contribution in [3.8, 4) is 23.1 Å². The smallest absolute Gasteiger partial charge is 0.246 e. The van der Waals surface area contributed by atoms with Crippen LogP contribution in [0.2, 0.25) is 0 Å². The first-order valence-electron chi connectivity index (χ1n) is 16.9. The van der Waals surface area contributed by atoms with E-state index in [0.717, 1.165) is 42.7 Å². The Morgan fingerprint density at radius 3 is 2.22 bits per heavy atom. The maximum Gasteiger partial charge on any atom is 0.246 e. The van der Waals surface area contributed by atoms with Gasteiger partial charge in [0.25, 0.3) is 0 Å². The Kier molecular flexibility index (Phi) is 13.2. The lowest BCUT2D eigenvalue weighted by molar-refractivity contribution is -0.127. The molecule has 1 aliphatic heterocycles. The average Bonchev–Trinajstić information content (AvgIpc) is 3.13. The quantitative estimate of drug-likeness (QED) is 0.114. The van der Waals surface area contributed by atoms with Gasteiger partial charge in [0.1, 0.15) is 29.7 Å². The Hall–Kier alpha value is -5.18. The summed E-state index contributed by atoms with van der Waals surface area (Å²) in [5, 5.41) is 0. The number of aryl methyl sites for hydroxylation is 2. The lowest BCUT2D eigenvalue weighted by Crippen LogP contribution is -2.47. The van der Waals surface area contributed by atoms with Crippen LogP contribution in [0.1, 0.15) is 33.4 Å². The standard InChI is InChI=1S/C42H42FN3O4.ClH/c1-31-4-3-5-35(26-31)30-49-40-17-18-41(44-28-40)50-39-14-10-36(32(2)27-39)11-19-42(47)46-23-21-45(22-24-46)29-34-8-6-33(7-9-34)20-25-48-38-15-12-37(43)13-16-38;/h3-19,26-28H,20-25,29-30H2,1-2H3;1H/b19-11+;. The molecule has 1 aromatic heterocycles. The predicted octanol–water partition coefficient (Wildman–Crippen LogP) is 8.61. The number of hydrogen-bond acceptors (Lipinski definition) is 6. The zero-order valence-corrected chi connectivity index (χ0v) is 29.8. The highest BCUT2D eigenvalue weighted by Gasteiger charge is 2.19. The van der Waals surface area contributed by atoms with E-state index in [9.17, 15) is 9.18 Å². The normalized spacial score (nSPS) is 13.1. The fourth-order valence-electron chi connectivity index (χ4n) is 5.78. The van der Waals surface area contributed by atoms with Gasteiger partial charge in [-0.15, -0.1) is 12.4 Å². The van der Waals surface area contributed by atoms with Gasteiger partial charge < -0.3 is 19.1 Å². The number of carbonyl (C=O) groups excluding carboxylic acids is 1. The largest absolute Gasteiger partial charge is 0.493 e. The van der Waals surface area contributed by atoms with Gasteiger partial charge in [0.2, 0.25) is 11.8 Å². The van der Waals surface area contributed by atoms with E-state index >= 15 is 0 Å². The van der Waals surface area contributed by atoms with Crippen molar-refractivity contribution in [2.45, 2.75) is 33.4 Å². The molecule has 1 fully saturated rings. The third-order valence-electron chi connectivity index (χ3n) is 8.65. The monoisotopic (exact) mass is 707 g/mol. The van der Waals surface area contributed by atoms with Crippen LogP contribution in [0.3, 0.4) is 0 Å². The highest BCUT2D eigenvalue weighted by Crippen LogP contribution is 2.25. The second-order valence-corrected chi connectivity index (χ2v) is 12.5. The number of halogens is 2. The Morgan fingerprint density at radius 1 is 0.784 bits per heavy atom. The molecule has 264 valence electrons. The summed E-state index contributed by atoms with van der Waals surface area (Å²) in [6.07, 6.45) is 5.98. The van der Waals surface area contributed by atoms with Gasteiger partial charge in [-0.05, 0) is 90.2 Å². The molecule has 0 atom stereocenters. The van der Waals surface area contributed by atoms with Crippen molar-refractivity contribution in [1.29, 1.82) is 0 Å². The molecule has 0 unspecified atom stereocenters. The van der Waals surface area contributed by atoms with Gasteiger partial charge in [-0.1, -0.05) is 60.2 Å². The fourth-order valence-corrected chi connectivity index (χ4v) is 5.78. The third-order valence-corrected chi connectivity index (χ3v) is 8.65. The number of ether oxygens (including phenoxy) is 3. The number of rotatable bonds is 13. The van der Waals surface area contributed by atoms with E-state index in [0.29, 0.717) is 49.4 Å². The van der Waals surface area contributed by atoms with Gasteiger partial charge in [0.15, 0.2) is 0 Å². The molecular weight excluding hydrogens is 665 g/mol. The lowest BCUT2D eigenvalue weighted by Gasteiger charge is -2.34. The summed E-state index contributed by atoms with van der Waals surface area (Å²) < 4.78 is 30.6. The number of piperazine rings is 1. The highest BCUT2D eigenvalue weighted by atomic mass is 35.5. The molecule has 2 heterocycles. The van der Waals surface area contributed by atoms with E-state index in [-0.39, 0.29) is 24.1 Å². The minimum absolute atomic E-state index is 0. The number of nitrogens with zero attached hydrogens (tertiary/aromatic N) is 3. The molecular formula is C42H43ClFN3O4. The molecule has 0 spiro atoms. The molecule has 1 amide bonds. The molecule has 1 saturated heterocycles. The van der Waals surface area contributed by atoms with Gasteiger partial charge in [-0.2, -0.15) is 0 Å². The summed E-state index contributed by atoms with van der Waals surface area (Å²) in [7, 11) is 0. The Balaban J connectivity index is 0.00000504. The van der Waals surface area contributed by atoms with E-state index in [1.807, 2.05) is 54.3 Å². The maximum absolute atomic E-state index is 13.1. The van der Waals surface area contributed by atoms with Crippen LogP contribution in [0.15, 0.2) is 115 Å². The fraction of sp³-hybridized carbons (Fsp3) is 0.238.